The van der Waals surface area contributed by atoms with E-state index in [2.05, 4.69) is 9.72 Å². The summed E-state index contributed by atoms with van der Waals surface area (Å²) in [7, 11) is 2.99. The number of rotatable bonds is 3. The molecule has 0 N–H and O–H groups in total. The second kappa shape index (κ2) is 4.49. The van der Waals surface area contributed by atoms with E-state index in [1.165, 1.54) is 18.4 Å². The number of nitrogens with zero attached hydrogens (tertiary/aromatic N) is 1. The maximum absolute atomic E-state index is 11.1. The highest BCUT2D eigenvalue weighted by atomic mass is 32.1. The average molecular weight is 237 g/mol. The van der Waals surface area contributed by atoms with Gasteiger partial charge in [-0.2, -0.15) is 0 Å². The van der Waals surface area contributed by atoms with Crippen molar-refractivity contribution in [3.63, 3.8) is 0 Å². The zero-order valence-corrected chi connectivity index (χ0v) is 9.84. The van der Waals surface area contributed by atoms with E-state index in [1.807, 2.05) is 18.2 Å². The molecule has 2 aromatic rings. The predicted molar refractivity (Wildman–Crippen MR) is 61.9 cm³/mol. The minimum Gasteiger partial charge on any atom is -0.495 e. The maximum Gasteiger partial charge on any atom is 0.312 e. The van der Waals surface area contributed by atoms with Crippen molar-refractivity contribution in [2.75, 3.05) is 14.2 Å². The lowest BCUT2D eigenvalue weighted by Crippen LogP contribution is -2.03. The lowest BCUT2D eigenvalue weighted by Gasteiger charge is -1.97. The first-order chi connectivity index (χ1) is 7.74. The highest BCUT2D eigenvalue weighted by Gasteiger charge is 2.11. The van der Waals surface area contributed by atoms with Crippen molar-refractivity contribution in [2.45, 2.75) is 6.42 Å². The summed E-state index contributed by atoms with van der Waals surface area (Å²) >= 11 is 1.46. The van der Waals surface area contributed by atoms with Gasteiger partial charge in [0.1, 0.15) is 10.8 Å². The molecule has 0 spiro atoms. The summed E-state index contributed by atoms with van der Waals surface area (Å²) in [6, 6.07) is 5.65. The molecule has 0 saturated carbocycles. The van der Waals surface area contributed by atoms with Crippen LogP contribution in [-0.2, 0) is 16.0 Å². The highest BCUT2D eigenvalue weighted by Crippen LogP contribution is 2.31. The molecule has 0 amide bonds. The average Bonchev–Trinajstić information content (AvgIpc) is 2.70. The Morgan fingerprint density at radius 1 is 1.44 bits per heavy atom. The van der Waals surface area contributed by atoms with Gasteiger partial charge in [0.2, 0.25) is 0 Å². The number of hydrogen-bond donors (Lipinski definition) is 0. The van der Waals surface area contributed by atoms with Gasteiger partial charge in [-0.15, -0.1) is 11.3 Å². The molecule has 84 valence electrons. The standard InChI is InChI=1S/C11H11NO3S/c1-14-8-5-3-4-7-11(8)16-9(12-7)6-10(13)15-2/h3-5H,6H2,1-2H3. The van der Waals surface area contributed by atoms with Gasteiger partial charge in [0.05, 0.1) is 30.9 Å². The molecule has 2 rings (SSSR count). The fraction of sp³-hybridized carbons (Fsp3) is 0.273. The Bertz CT molecular complexity index is 521. The Hall–Kier alpha value is -1.62. The highest BCUT2D eigenvalue weighted by molar-refractivity contribution is 7.19. The zero-order chi connectivity index (χ0) is 11.5. The number of benzene rings is 1. The molecule has 0 fully saturated rings. The maximum atomic E-state index is 11.1. The van der Waals surface area contributed by atoms with Crippen LogP contribution in [0.2, 0.25) is 0 Å². The van der Waals surface area contributed by atoms with Crippen LogP contribution in [-0.4, -0.2) is 25.2 Å². The van der Waals surface area contributed by atoms with Crippen LogP contribution in [0.5, 0.6) is 5.75 Å². The van der Waals surface area contributed by atoms with E-state index in [0.29, 0.717) is 0 Å². The Morgan fingerprint density at radius 2 is 2.25 bits per heavy atom. The zero-order valence-electron chi connectivity index (χ0n) is 9.02. The Morgan fingerprint density at radius 3 is 2.94 bits per heavy atom. The number of carbonyl (C=O) groups excluding carboxylic acids is 1. The topological polar surface area (TPSA) is 48.4 Å². The van der Waals surface area contributed by atoms with Gasteiger partial charge in [0, 0.05) is 0 Å². The largest absolute Gasteiger partial charge is 0.495 e. The van der Waals surface area contributed by atoms with E-state index in [0.717, 1.165) is 21.0 Å². The third-order valence-corrected chi connectivity index (χ3v) is 3.25. The first-order valence-electron chi connectivity index (χ1n) is 4.74. The van der Waals surface area contributed by atoms with E-state index in [9.17, 15) is 4.79 Å². The lowest BCUT2D eigenvalue weighted by molar-refractivity contribution is -0.139. The van der Waals surface area contributed by atoms with E-state index < -0.39 is 0 Å². The van der Waals surface area contributed by atoms with Crippen molar-refractivity contribution in [1.29, 1.82) is 0 Å². The van der Waals surface area contributed by atoms with Gasteiger partial charge in [-0.25, -0.2) is 4.98 Å². The van der Waals surface area contributed by atoms with Crippen LogP contribution < -0.4 is 4.74 Å². The Balaban J connectivity index is 2.39. The van der Waals surface area contributed by atoms with Crippen LogP contribution in [0.15, 0.2) is 18.2 Å². The molecule has 0 saturated heterocycles. The van der Waals surface area contributed by atoms with E-state index in [4.69, 9.17) is 4.74 Å². The minimum atomic E-state index is -0.280. The molecule has 0 unspecified atom stereocenters. The van der Waals surface area contributed by atoms with Crippen LogP contribution in [0.4, 0.5) is 0 Å². The minimum absolute atomic E-state index is 0.207. The van der Waals surface area contributed by atoms with Gasteiger partial charge in [-0.1, -0.05) is 6.07 Å². The van der Waals surface area contributed by atoms with Crippen LogP contribution in [0.3, 0.4) is 0 Å². The van der Waals surface area contributed by atoms with Crippen LogP contribution >= 0.6 is 11.3 Å². The summed E-state index contributed by atoms with van der Waals surface area (Å²) in [4.78, 5) is 15.5. The lowest BCUT2D eigenvalue weighted by atomic mass is 10.3. The van der Waals surface area contributed by atoms with E-state index in [1.54, 1.807) is 7.11 Å². The second-order valence-electron chi connectivity index (χ2n) is 3.17. The number of hydrogen-bond acceptors (Lipinski definition) is 5. The molecule has 0 aliphatic carbocycles. The second-order valence-corrected chi connectivity index (χ2v) is 4.25. The summed E-state index contributed by atoms with van der Waals surface area (Å²) < 4.78 is 10.8. The molecular weight excluding hydrogens is 226 g/mol. The number of thiazole rings is 1. The number of methoxy groups -OCH3 is 2. The van der Waals surface area contributed by atoms with Crippen molar-refractivity contribution in [2.24, 2.45) is 0 Å². The SMILES string of the molecule is COC(=O)Cc1nc2cccc(OC)c2s1. The van der Waals surface area contributed by atoms with Crippen molar-refractivity contribution >= 4 is 27.5 Å². The number of esters is 1. The van der Waals surface area contributed by atoms with Crippen molar-refractivity contribution < 1.29 is 14.3 Å². The summed E-state index contributed by atoms with van der Waals surface area (Å²) in [5.74, 6) is 0.504. The van der Waals surface area contributed by atoms with Crippen LogP contribution in [0, 0.1) is 0 Å². The molecule has 16 heavy (non-hydrogen) atoms. The third kappa shape index (κ3) is 1.99. The van der Waals surface area contributed by atoms with Crippen molar-refractivity contribution in [3.8, 4) is 5.75 Å². The normalized spacial score (nSPS) is 10.4. The van der Waals surface area contributed by atoms with Gasteiger partial charge in [0.25, 0.3) is 0 Å². The fourth-order valence-corrected chi connectivity index (χ4v) is 2.44. The molecule has 1 aromatic carbocycles. The molecule has 1 aromatic heterocycles. The smallest absolute Gasteiger partial charge is 0.312 e. The molecule has 4 nitrogen and oxygen atoms in total. The molecular formula is C11H11NO3S. The summed E-state index contributed by atoms with van der Waals surface area (Å²) in [5.41, 5.74) is 0.850. The molecule has 0 atom stereocenters. The van der Waals surface area contributed by atoms with Gasteiger partial charge in [-0.3, -0.25) is 4.79 Å². The third-order valence-electron chi connectivity index (χ3n) is 2.17. The molecule has 0 radical (unpaired) electrons. The fourth-order valence-electron chi connectivity index (χ4n) is 1.40. The molecule has 0 aliphatic rings. The quantitative estimate of drug-likeness (QED) is 0.766. The molecule has 0 bridgehead atoms. The number of aromatic nitrogens is 1. The molecule has 1 heterocycles. The molecule has 5 heteroatoms. The molecule has 0 aliphatic heterocycles. The van der Waals surface area contributed by atoms with Crippen LogP contribution in [0.25, 0.3) is 10.2 Å². The van der Waals surface area contributed by atoms with E-state index >= 15 is 0 Å². The monoisotopic (exact) mass is 237 g/mol. The van der Waals surface area contributed by atoms with Gasteiger partial charge in [0.15, 0.2) is 0 Å². The van der Waals surface area contributed by atoms with Crippen LogP contribution in [0.1, 0.15) is 5.01 Å². The summed E-state index contributed by atoms with van der Waals surface area (Å²) in [6.07, 6.45) is 0.207. The van der Waals surface area contributed by atoms with Gasteiger partial charge in [-0.05, 0) is 12.1 Å². The Kier molecular flexibility index (Phi) is 3.05. The Labute approximate surface area is 96.8 Å². The first kappa shape index (κ1) is 10.9. The first-order valence-corrected chi connectivity index (χ1v) is 5.55. The number of carbonyl (C=O) groups is 1. The number of fused-ring (bicyclic) bond motifs is 1. The van der Waals surface area contributed by atoms with Crippen molar-refractivity contribution in [1.82, 2.24) is 4.98 Å². The van der Waals surface area contributed by atoms with Gasteiger partial charge < -0.3 is 9.47 Å². The summed E-state index contributed by atoms with van der Waals surface area (Å²) in [5, 5.41) is 0.742. The van der Waals surface area contributed by atoms with E-state index in [-0.39, 0.29) is 12.4 Å². The predicted octanol–water partition coefficient (Wildman–Crippen LogP) is 2.02. The summed E-state index contributed by atoms with van der Waals surface area (Å²) in [6.45, 7) is 0. The number of ether oxygens (including phenoxy) is 2. The van der Waals surface area contributed by atoms with Crippen molar-refractivity contribution in [3.05, 3.63) is 23.2 Å². The van der Waals surface area contributed by atoms with Gasteiger partial charge >= 0.3 is 5.97 Å².